The van der Waals surface area contributed by atoms with Crippen LogP contribution in [0.15, 0.2) is 28.9 Å². The fraction of sp³-hybridized carbons (Fsp3) is 0.667. The fourth-order valence-corrected chi connectivity index (χ4v) is 3.49. The van der Waals surface area contributed by atoms with Gasteiger partial charge in [0.15, 0.2) is 0 Å². The molecule has 0 aromatic heterocycles. The molecule has 0 amide bonds. The average Bonchev–Trinajstić information content (AvgIpc) is 2.81. The monoisotopic (exact) mass is 390 g/mol. The lowest BCUT2D eigenvalue weighted by Gasteiger charge is -2.26. The Labute approximate surface area is 132 Å². The lowest BCUT2D eigenvalue weighted by molar-refractivity contribution is -0.0522. The van der Waals surface area contributed by atoms with Crippen LogP contribution in [0.2, 0.25) is 0 Å². The van der Waals surface area contributed by atoms with E-state index < -0.39 is 0 Å². The smallest absolute Gasteiger partial charge is 0.0880 e. The van der Waals surface area contributed by atoms with Gasteiger partial charge in [-0.2, -0.15) is 0 Å². The van der Waals surface area contributed by atoms with Crippen molar-refractivity contribution in [1.29, 1.82) is 0 Å². The highest BCUT2D eigenvalue weighted by atomic mass is 79.9. The Morgan fingerprint density at radius 3 is 2.79 bits per heavy atom. The van der Waals surface area contributed by atoms with Gasteiger partial charge in [-0.3, -0.25) is 0 Å². The lowest BCUT2D eigenvalue weighted by Crippen LogP contribution is -2.32. The van der Waals surface area contributed by atoms with Crippen molar-refractivity contribution in [1.82, 2.24) is 0 Å². The molecule has 2 aliphatic rings. The van der Waals surface area contributed by atoms with Crippen LogP contribution in [0.4, 0.5) is 0 Å². The first-order valence-electron chi connectivity index (χ1n) is 6.85. The van der Waals surface area contributed by atoms with Gasteiger partial charge in [0.05, 0.1) is 24.4 Å². The van der Waals surface area contributed by atoms with Crippen molar-refractivity contribution in [3.8, 4) is 0 Å². The second-order valence-corrected chi connectivity index (χ2v) is 6.61. The van der Waals surface area contributed by atoms with E-state index in [0.29, 0.717) is 4.83 Å². The Bertz CT molecular complexity index is 374. The molecule has 0 bridgehead atoms. The SMILES string of the molecule is CC[C@H]1O[C@H]2C[C@H](C=C=CBr)O[C@@H]2C/C=C\C[C@@H]1Br. The van der Waals surface area contributed by atoms with Crippen molar-refractivity contribution < 1.29 is 9.47 Å². The third kappa shape index (κ3) is 4.30. The summed E-state index contributed by atoms with van der Waals surface area (Å²) in [6, 6.07) is 0. The molecule has 0 aromatic rings. The van der Waals surface area contributed by atoms with E-state index in [1.165, 1.54) is 0 Å². The van der Waals surface area contributed by atoms with Crippen LogP contribution in [-0.2, 0) is 9.47 Å². The van der Waals surface area contributed by atoms with Crippen LogP contribution in [0.25, 0.3) is 0 Å². The molecular formula is C15H20Br2O2. The molecule has 0 spiro atoms. The first-order valence-corrected chi connectivity index (χ1v) is 8.69. The molecule has 2 heterocycles. The van der Waals surface area contributed by atoms with Gasteiger partial charge in [-0.05, 0) is 25.3 Å². The molecule has 106 valence electrons. The number of alkyl halides is 1. The zero-order chi connectivity index (χ0) is 13.7. The van der Waals surface area contributed by atoms with Crippen LogP contribution in [0, 0.1) is 0 Å². The molecule has 4 heteroatoms. The quantitative estimate of drug-likeness (QED) is 0.392. The van der Waals surface area contributed by atoms with Gasteiger partial charge in [0.25, 0.3) is 0 Å². The number of ether oxygens (including phenoxy) is 2. The number of hydrogen-bond donors (Lipinski definition) is 0. The minimum absolute atomic E-state index is 0.114. The highest BCUT2D eigenvalue weighted by molar-refractivity contribution is 9.11. The van der Waals surface area contributed by atoms with Crippen LogP contribution in [0.5, 0.6) is 0 Å². The molecular weight excluding hydrogens is 372 g/mol. The summed E-state index contributed by atoms with van der Waals surface area (Å²) in [5.74, 6) is 0. The molecule has 0 unspecified atom stereocenters. The number of fused-ring (bicyclic) bond motifs is 1. The second-order valence-electron chi connectivity index (χ2n) is 4.97. The number of rotatable bonds is 2. The minimum Gasteiger partial charge on any atom is -0.371 e. The van der Waals surface area contributed by atoms with Crippen molar-refractivity contribution >= 4 is 31.9 Å². The summed E-state index contributed by atoms with van der Waals surface area (Å²) in [6.45, 7) is 2.18. The predicted octanol–water partition coefficient (Wildman–Crippen LogP) is 4.48. The second kappa shape index (κ2) is 7.80. The zero-order valence-corrected chi connectivity index (χ0v) is 14.3. The maximum atomic E-state index is 6.29. The van der Waals surface area contributed by atoms with Gasteiger partial charge in [-0.1, -0.05) is 50.9 Å². The Morgan fingerprint density at radius 1 is 1.26 bits per heavy atom. The molecule has 0 radical (unpaired) electrons. The minimum atomic E-state index is 0.114. The summed E-state index contributed by atoms with van der Waals surface area (Å²) in [4.78, 5) is 2.12. The molecule has 2 rings (SSSR count). The standard InChI is InChI=1S/C15H20Br2O2/c1-2-13-12(17)7-3-4-8-14-15(19-13)10-11(18-14)6-5-9-16/h3-4,6,9,11-15H,2,7-8,10H2,1H3/b4-3-/t5?,11-,12-,13+,14+,15-/m0/s1. The van der Waals surface area contributed by atoms with E-state index in [4.69, 9.17) is 9.47 Å². The Balaban J connectivity index is 2.08. The van der Waals surface area contributed by atoms with E-state index >= 15 is 0 Å². The maximum absolute atomic E-state index is 6.29. The lowest BCUT2D eigenvalue weighted by atomic mass is 10.1. The van der Waals surface area contributed by atoms with Crippen molar-refractivity contribution in [2.75, 3.05) is 0 Å². The average molecular weight is 392 g/mol. The molecule has 0 aliphatic carbocycles. The molecule has 1 fully saturated rings. The Morgan fingerprint density at radius 2 is 2.05 bits per heavy atom. The predicted molar refractivity (Wildman–Crippen MR) is 84.9 cm³/mol. The summed E-state index contributed by atoms with van der Waals surface area (Å²) in [7, 11) is 0. The van der Waals surface area contributed by atoms with Crippen LogP contribution in [0.3, 0.4) is 0 Å². The van der Waals surface area contributed by atoms with Crippen molar-refractivity contribution in [3.05, 3.63) is 28.9 Å². The summed E-state index contributed by atoms with van der Waals surface area (Å²) < 4.78 is 12.3. The molecule has 2 aliphatic heterocycles. The summed E-state index contributed by atoms with van der Waals surface area (Å²) in [6.07, 6.45) is 11.0. The van der Waals surface area contributed by atoms with Crippen molar-refractivity contribution in [2.24, 2.45) is 0 Å². The van der Waals surface area contributed by atoms with Gasteiger partial charge >= 0.3 is 0 Å². The molecule has 19 heavy (non-hydrogen) atoms. The highest BCUT2D eigenvalue weighted by Crippen LogP contribution is 2.31. The molecule has 5 atom stereocenters. The largest absolute Gasteiger partial charge is 0.371 e. The van der Waals surface area contributed by atoms with Crippen LogP contribution >= 0.6 is 31.9 Å². The van der Waals surface area contributed by atoms with Crippen molar-refractivity contribution in [3.63, 3.8) is 0 Å². The number of allylic oxidation sites excluding steroid dienone is 1. The van der Waals surface area contributed by atoms with Crippen LogP contribution in [0.1, 0.15) is 32.6 Å². The maximum Gasteiger partial charge on any atom is 0.0880 e. The third-order valence-corrected chi connectivity index (χ3v) is 4.85. The van der Waals surface area contributed by atoms with Crippen LogP contribution in [-0.4, -0.2) is 29.2 Å². The Kier molecular flexibility index (Phi) is 6.37. The summed E-state index contributed by atoms with van der Waals surface area (Å²) in [5, 5.41) is 0. The molecule has 2 nitrogen and oxygen atoms in total. The summed E-state index contributed by atoms with van der Waals surface area (Å²) >= 11 is 6.97. The zero-order valence-electron chi connectivity index (χ0n) is 11.1. The van der Waals surface area contributed by atoms with Gasteiger partial charge in [0, 0.05) is 16.2 Å². The fourth-order valence-electron chi connectivity index (χ4n) is 2.62. The van der Waals surface area contributed by atoms with Gasteiger partial charge in [0.1, 0.15) is 0 Å². The van der Waals surface area contributed by atoms with Gasteiger partial charge < -0.3 is 9.47 Å². The molecule has 0 aromatic carbocycles. The number of halogens is 2. The van der Waals surface area contributed by atoms with Crippen molar-refractivity contribution in [2.45, 2.75) is 61.9 Å². The summed E-state index contributed by atoms with van der Waals surface area (Å²) in [5.41, 5.74) is 3.04. The van der Waals surface area contributed by atoms with Gasteiger partial charge in [-0.15, -0.1) is 5.73 Å². The van der Waals surface area contributed by atoms with Crippen LogP contribution < -0.4 is 0 Å². The van der Waals surface area contributed by atoms with E-state index in [9.17, 15) is 0 Å². The van der Waals surface area contributed by atoms with Gasteiger partial charge in [-0.25, -0.2) is 0 Å². The highest BCUT2D eigenvalue weighted by Gasteiger charge is 2.37. The van der Waals surface area contributed by atoms with Gasteiger partial charge in [0.2, 0.25) is 0 Å². The Hall–Kier alpha value is 0.140. The normalized spacial score (nSPS) is 40.3. The third-order valence-electron chi connectivity index (χ3n) is 3.63. The van der Waals surface area contributed by atoms with E-state index in [1.54, 1.807) is 4.99 Å². The van der Waals surface area contributed by atoms with E-state index in [1.807, 2.05) is 6.08 Å². The topological polar surface area (TPSA) is 18.5 Å². The van der Waals surface area contributed by atoms with E-state index in [0.717, 1.165) is 25.7 Å². The van der Waals surface area contributed by atoms with E-state index in [2.05, 4.69) is 56.7 Å². The molecule has 1 saturated heterocycles. The number of hydrogen-bond acceptors (Lipinski definition) is 2. The van der Waals surface area contributed by atoms with E-state index in [-0.39, 0.29) is 24.4 Å². The first-order chi connectivity index (χ1) is 9.24. The molecule has 0 N–H and O–H groups in total. The first kappa shape index (κ1) is 15.5. The molecule has 0 saturated carbocycles.